The van der Waals surface area contributed by atoms with Gasteiger partial charge in [-0.1, -0.05) is 0 Å². The van der Waals surface area contributed by atoms with E-state index < -0.39 is 29.2 Å². The van der Waals surface area contributed by atoms with Crippen molar-refractivity contribution in [3.05, 3.63) is 18.2 Å². The minimum atomic E-state index is -1.04. The van der Waals surface area contributed by atoms with E-state index >= 15 is 0 Å². The molecule has 3 rings (SSSR count). The number of hydrogen-bond acceptors (Lipinski definition) is 6. The number of nitrogens with zero attached hydrogens (tertiary/aromatic N) is 2. The van der Waals surface area contributed by atoms with E-state index in [2.05, 4.69) is 20.6 Å². The SMILES string of the molecule is C[C@H]1S[C@@H](C(=O)N[C@@H](Cc2cnc[nH]2)C(=O)N2CCC[C@H]2C(=O)O)CNC1=O. The van der Waals surface area contributed by atoms with Crippen LogP contribution in [0.15, 0.2) is 12.5 Å². The van der Waals surface area contributed by atoms with Crippen LogP contribution in [-0.4, -0.2) is 79.3 Å². The molecule has 0 aliphatic carbocycles. The van der Waals surface area contributed by atoms with Crippen LogP contribution in [0.5, 0.6) is 0 Å². The molecule has 4 atom stereocenters. The average molecular weight is 409 g/mol. The van der Waals surface area contributed by atoms with Crippen molar-refractivity contribution >= 4 is 35.5 Å². The van der Waals surface area contributed by atoms with E-state index in [-0.39, 0.29) is 30.0 Å². The number of carboxylic acids is 1. The number of nitrogens with one attached hydrogen (secondary N) is 3. The Bertz CT molecular complexity index is 755. The maximum Gasteiger partial charge on any atom is 0.326 e. The molecule has 2 aliphatic heterocycles. The zero-order valence-corrected chi connectivity index (χ0v) is 16.2. The van der Waals surface area contributed by atoms with Crippen molar-refractivity contribution in [1.82, 2.24) is 25.5 Å². The normalized spacial score (nSPS) is 25.8. The fourth-order valence-electron chi connectivity index (χ4n) is 3.42. The largest absolute Gasteiger partial charge is 0.480 e. The quantitative estimate of drug-likeness (QED) is 0.478. The minimum Gasteiger partial charge on any atom is -0.480 e. The van der Waals surface area contributed by atoms with Gasteiger partial charge in [-0.15, -0.1) is 11.8 Å². The third-order valence-corrected chi connectivity index (χ3v) is 6.24. The topological polar surface area (TPSA) is 144 Å². The first-order valence-corrected chi connectivity index (χ1v) is 10.0. The van der Waals surface area contributed by atoms with E-state index in [1.54, 1.807) is 13.1 Å². The predicted molar refractivity (Wildman–Crippen MR) is 100 cm³/mol. The summed E-state index contributed by atoms with van der Waals surface area (Å²) in [6.45, 7) is 2.25. The number of aromatic amines is 1. The zero-order chi connectivity index (χ0) is 20.3. The highest BCUT2D eigenvalue weighted by atomic mass is 32.2. The first-order chi connectivity index (χ1) is 13.4. The summed E-state index contributed by atoms with van der Waals surface area (Å²) in [6, 6.07) is -1.79. The Morgan fingerprint density at radius 2 is 2.25 bits per heavy atom. The monoisotopic (exact) mass is 409 g/mol. The Hall–Kier alpha value is -2.56. The number of aliphatic carboxylic acids is 1. The van der Waals surface area contributed by atoms with Crippen LogP contribution in [-0.2, 0) is 25.6 Å². The summed E-state index contributed by atoms with van der Waals surface area (Å²) in [7, 11) is 0. The van der Waals surface area contributed by atoms with Gasteiger partial charge >= 0.3 is 5.97 Å². The fraction of sp³-hybridized carbons (Fsp3) is 0.588. The molecule has 0 aromatic carbocycles. The van der Waals surface area contributed by atoms with Crippen LogP contribution in [0.3, 0.4) is 0 Å². The number of thioether (sulfide) groups is 1. The average Bonchev–Trinajstić information content (AvgIpc) is 3.34. The van der Waals surface area contributed by atoms with Crippen LogP contribution in [0.4, 0.5) is 0 Å². The molecule has 11 heteroatoms. The summed E-state index contributed by atoms with van der Waals surface area (Å²) < 4.78 is 0. The number of H-pyrrole nitrogens is 1. The third kappa shape index (κ3) is 4.46. The molecule has 2 fully saturated rings. The van der Waals surface area contributed by atoms with Gasteiger partial charge in [0, 0.05) is 31.4 Å². The molecule has 3 amide bonds. The van der Waals surface area contributed by atoms with E-state index in [0.29, 0.717) is 25.1 Å². The van der Waals surface area contributed by atoms with Gasteiger partial charge < -0.3 is 25.6 Å². The number of hydrogen-bond donors (Lipinski definition) is 4. The number of amides is 3. The van der Waals surface area contributed by atoms with Crippen molar-refractivity contribution in [3.63, 3.8) is 0 Å². The van der Waals surface area contributed by atoms with Crippen LogP contribution in [0, 0.1) is 0 Å². The Balaban J connectivity index is 1.73. The van der Waals surface area contributed by atoms with Gasteiger partial charge in [0.2, 0.25) is 17.7 Å². The molecular formula is C17H23N5O5S. The second-order valence-corrected chi connectivity index (χ2v) is 8.43. The highest BCUT2D eigenvalue weighted by molar-refractivity contribution is 8.02. The summed E-state index contributed by atoms with van der Waals surface area (Å²) in [4.78, 5) is 57.0. The van der Waals surface area contributed by atoms with E-state index in [4.69, 9.17) is 0 Å². The van der Waals surface area contributed by atoms with Crippen LogP contribution in [0.2, 0.25) is 0 Å². The minimum absolute atomic E-state index is 0.125. The standard InChI is InChI=1S/C17H23N5O5S/c1-9-14(23)19-7-13(28-9)15(24)21-11(5-10-6-18-8-20-10)16(25)22-4-2-3-12(22)17(26)27/h6,8-9,11-13H,2-5,7H2,1H3,(H,18,20)(H,19,23)(H,21,24)(H,26,27)/t9-,11+,12+,13-/m1/s1. The lowest BCUT2D eigenvalue weighted by Crippen LogP contribution is -2.56. The summed E-state index contributed by atoms with van der Waals surface area (Å²) in [5, 5.41) is 13.9. The van der Waals surface area contributed by atoms with Crippen molar-refractivity contribution < 1.29 is 24.3 Å². The molecule has 3 heterocycles. The number of carbonyl (C=O) groups is 4. The van der Waals surface area contributed by atoms with Crippen molar-refractivity contribution in [2.45, 2.75) is 48.8 Å². The molecule has 28 heavy (non-hydrogen) atoms. The molecule has 4 N–H and O–H groups in total. The molecule has 0 unspecified atom stereocenters. The van der Waals surface area contributed by atoms with E-state index in [1.807, 2.05) is 0 Å². The van der Waals surface area contributed by atoms with Gasteiger partial charge in [-0.05, 0) is 19.8 Å². The first-order valence-electron chi connectivity index (χ1n) is 9.11. The molecule has 1 aromatic heterocycles. The van der Waals surface area contributed by atoms with Crippen molar-refractivity contribution in [2.24, 2.45) is 0 Å². The summed E-state index contributed by atoms with van der Waals surface area (Å²) in [5.41, 5.74) is 0.655. The number of imidazole rings is 1. The molecule has 0 bridgehead atoms. The molecular weight excluding hydrogens is 386 g/mol. The number of rotatable bonds is 6. The van der Waals surface area contributed by atoms with Crippen LogP contribution in [0.25, 0.3) is 0 Å². The van der Waals surface area contributed by atoms with Gasteiger partial charge in [0.15, 0.2) is 0 Å². The second-order valence-electron chi connectivity index (χ2n) is 6.88. The van der Waals surface area contributed by atoms with Crippen molar-refractivity contribution in [2.75, 3.05) is 13.1 Å². The lowest BCUT2D eigenvalue weighted by Gasteiger charge is -2.30. The maximum atomic E-state index is 13.1. The molecule has 10 nitrogen and oxygen atoms in total. The van der Waals surface area contributed by atoms with Crippen LogP contribution >= 0.6 is 11.8 Å². The van der Waals surface area contributed by atoms with E-state index in [0.717, 1.165) is 0 Å². The summed E-state index contributed by atoms with van der Waals surface area (Å²) in [6.07, 6.45) is 4.21. The molecule has 2 aliphatic rings. The third-order valence-electron chi connectivity index (χ3n) is 4.91. The summed E-state index contributed by atoms with van der Waals surface area (Å²) in [5.74, 6) is -1.95. The zero-order valence-electron chi connectivity index (χ0n) is 15.4. The number of aromatic nitrogens is 2. The molecule has 1 aromatic rings. The highest BCUT2D eigenvalue weighted by Gasteiger charge is 2.39. The molecule has 0 radical (unpaired) electrons. The van der Waals surface area contributed by atoms with Gasteiger partial charge in [0.05, 0.1) is 11.6 Å². The Kier molecular flexibility index (Phi) is 6.22. The molecule has 2 saturated heterocycles. The lowest BCUT2D eigenvalue weighted by molar-refractivity contribution is -0.149. The fourth-order valence-corrected chi connectivity index (χ4v) is 4.49. The van der Waals surface area contributed by atoms with Gasteiger partial charge in [0.1, 0.15) is 17.3 Å². The number of likely N-dealkylation sites (tertiary alicyclic amines) is 1. The summed E-state index contributed by atoms with van der Waals surface area (Å²) >= 11 is 1.24. The molecule has 0 spiro atoms. The van der Waals surface area contributed by atoms with Gasteiger partial charge in [-0.2, -0.15) is 0 Å². The Labute approximate surface area is 165 Å². The smallest absolute Gasteiger partial charge is 0.326 e. The van der Waals surface area contributed by atoms with Gasteiger partial charge in [-0.25, -0.2) is 9.78 Å². The lowest BCUT2D eigenvalue weighted by atomic mass is 10.1. The van der Waals surface area contributed by atoms with Crippen molar-refractivity contribution in [1.29, 1.82) is 0 Å². The molecule has 152 valence electrons. The first kappa shape index (κ1) is 20.2. The van der Waals surface area contributed by atoms with Gasteiger partial charge in [0.25, 0.3) is 0 Å². The van der Waals surface area contributed by atoms with Crippen LogP contribution < -0.4 is 10.6 Å². The van der Waals surface area contributed by atoms with Crippen molar-refractivity contribution in [3.8, 4) is 0 Å². The Morgan fingerprint density at radius 3 is 2.89 bits per heavy atom. The Morgan fingerprint density at radius 1 is 1.46 bits per heavy atom. The maximum absolute atomic E-state index is 13.1. The van der Waals surface area contributed by atoms with Gasteiger partial charge in [-0.3, -0.25) is 14.4 Å². The second kappa shape index (κ2) is 8.63. The van der Waals surface area contributed by atoms with Crippen LogP contribution in [0.1, 0.15) is 25.5 Å². The van der Waals surface area contributed by atoms with E-state index in [9.17, 15) is 24.3 Å². The number of carboxylic acid groups (broad SMARTS) is 1. The molecule has 0 saturated carbocycles. The predicted octanol–water partition coefficient (Wildman–Crippen LogP) is -0.867. The number of carbonyl (C=O) groups excluding carboxylic acids is 3. The van der Waals surface area contributed by atoms with E-state index in [1.165, 1.54) is 23.0 Å². The highest BCUT2D eigenvalue weighted by Crippen LogP contribution is 2.23.